The average Bonchev–Trinajstić information content (AvgIpc) is 2.27. The van der Waals surface area contributed by atoms with Crippen molar-refractivity contribution in [2.75, 3.05) is 25.6 Å². The van der Waals surface area contributed by atoms with Crippen molar-refractivity contribution in [2.24, 2.45) is 0 Å². The molecule has 1 aromatic rings. The minimum absolute atomic E-state index is 0.0998. The summed E-state index contributed by atoms with van der Waals surface area (Å²) >= 11 is 0. The van der Waals surface area contributed by atoms with Crippen LogP contribution in [0.1, 0.15) is 10.6 Å². The Bertz CT molecular complexity index is 407. The topological polar surface area (TPSA) is 92.6 Å². The smallest absolute Gasteiger partial charge is 0.376 e. The number of esters is 1. The Morgan fingerprint density at radius 1 is 1.56 bits per heavy atom. The summed E-state index contributed by atoms with van der Waals surface area (Å²) in [5.41, 5.74) is 0. The van der Waals surface area contributed by atoms with Gasteiger partial charge in [0.15, 0.2) is 0 Å². The summed E-state index contributed by atoms with van der Waals surface area (Å²) in [4.78, 5) is 30.6. The van der Waals surface area contributed by atoms with Gasteiger partial charge in [-0.1, -0.05) is 0 Å². The van der Waals surface area contributed by atoms with Crippen LogP contribution in [0.15, 0.2) is 12.3 Å². The quantitative estimate of drug-likeness (QED) is 0.708. The van der Waals surface area contributed by atoms with Crippen molar-refractivity contribution in [2.45, 2.75) is 0 Å². The molecule has 1 aromatic heterocycles. The molecule has 1 rings (SSSR count). The lowest BCUT2D eigenvalue weighted by Gasteiger charge is -2.15. The van der Waals surface area contributed by atoms with Crippen LogP contribution in [0.3, 0.4) is 0 Å². The number of ether oxygens (including phenoxy) is 1. The van der Waals surface area contributed by atoms with Crippen molar-refractivity contribution in [1.29, 1.82) is 0 Å². The summed E-state index contributed by atoms with van der Waals surface area (Å²) in [5.74, 6) is -1.40. The minimum Gasteiger partial charge on any atom is -0.480 e. The maximum atomic E-state index is 11.1. The number of carbonyl (C=O) groups excluding carboxylic acids is 1. The number of hydrogen-bond donors (Lipinski definition) is 1. The van der Waals surface area contributed by atoms with Crippen molar-refractivity contribution < 1.29 is 19.4 Å². The van der Waals surface area contributed by atoms with Crippen molar-refractivity contribution >= 4 is 17.8 Å². The molecule has 86 valence electrons. The van der Waals surface area contributed by atoms with Crippen LogP contribution in [0.4, 0.5) is 5.82 Å². The molecule has 7 heteroatoms. The fraction of sp³-hybridized carbons (Fsp3) is 0.333. The van der Waals surface area contributed by atoms with E-state index in [1.54, 1.807) is 7.05 Å². The maximum Gasteiger partial charge on any atom is 0.376 e. The number of aromatic nitrogens is 2. The number of nitrogens with zero attached hydrogens (tertiary/aromatic N) is 3. The van der Waals surface area contributed by atoms with Gasteiger partial charge in [0.1, 0.15) is 12.4 Å². The molecule has 0 amide bonds. The molecule has 7 nitrogen and oxygen atoms in total. The van der Waals surface area contributed by atoms with Gasteiger partial charge in [0.05, 0.1) is 7.11 Å². The number of carboxylic acids is 1. The van der Waals surface area contributed by atoms with Gasteiger partial charge in [0.25, 0.3) is 0 Å². The molecule has 0 fully saturated rings. The maximum absolute atomic E-state index is 11.1. The third-order valence-electron chi connectivity index (χ3n) is 1.77. The first-order chi connectivity index (χ1) is 7.54. The van der Waals surface area contributed by atoms with Crippen LogP contribution in [0, 0.1) is 0 Å². The molecule has 0 unspecified atom stereocenters. The molecular formula is C9H11N3O4. The minimum atomic E-state index is -0.985. The molecule has 0 atom stereocenters. The molecule has 0 aliphatic rings. The highest BCUT2D eigenvalue weighted by Gasteiger charge is 2.12. The molecule has 0 saturated carbocycles. The number of rotatable bonds is 4. The highest BCUT2D eigenvalue weighted by atomic mass is 16.5. The number of likely N-dealkylation sites (N-methyl/N-ethyl adjacent to an activating group) is 1. The summed E-state index contributed by atoms with van der Waals surface area (Å²) in [6.07, 6.45) is 1.37. The largest absolute Gasteiger partial charge is 0.480 e. The predicted octanol–water partition coefficient (Wildman–Crippen LogP) is -0.216. The molecule has 1 N–H and O–H groups in total. The number of methoxy groups -OCH3 is 1. The van der Waals surface area contributed by atoms with Gasteiger partial charge in [-0.05, 0) is 6.07 Å². The normalized spacial score (nSPS) is 9.62. The van der Waals surface area contributed by atoms with E-state index in [2.05, 4.69) is 14.7 Å². The SMILES string of the molecule is COC(=O)c1nccc(N(C)CC(=O)O)n1. The Morgan fingerprint density at radius 2 is 2.25 bits per heavy atom. The van der Waals surface area contributed by atoms with Crippen LogP contribution in [-0.2, 0) is 9.53 Å². The van der Waals surface area contributed by atoms with E-state index < -0.39 is 11.9 Å². The van der Waals surface area contributed by atoms with Gasteiger partial charge in [0.2, 0.25) is 5.82 Å². The fourth-order valence-electron chi connectivity index (χ4n) is 1.04. The summed E-state index contributed by atoms with van der Waals surface area (Å²) in [6, 6.07) is 1.51. The van der Waals surface area contributed by atoms with Crippen LogP contribution >= 0.6 is 0 Å². The molecule has 16 heavy (non-hydrogen) atoms. The van der Waals surface area contributed by atoms with Gasteiger partial charge in [0, 0.05) is 13.2 Å². The first-order valence-electron chi connectivity index (χ1n) is 4.39. The van der Waals surface area contributed by atoms with Crippen molar-refractivity contribution in [1.82, 2.24) is 9.97 Å². The second-order valence-electron chi connectivity index (χ2n) is 2.98. The first-order valence-corrected chi connectivity index (χ1v) is 4.39. The Labute approximate surface area is 91.7 Å². The lowest BCUT2D eigenvalue weighted by atomic mass is 10.4. The predicted molar refractivity (Wildman–Crippen MR) is 54.3 cm³/mol. The number of carbonyl (C=O) groups is 2. The second-order valence-corrected chi connectivity index (χ2v) is 2.98. The molecule has 0 saturated heterocycles. The molecule has 0 aromatic carbocycles. The van der Waals surface area contributed by atoms with E-state index in [1.165, 1.54) is 24.3 Å². The number of carboxylic acid groups (broad SMARTS) is 1. The Hall–Kier alpha value is -2.18. The van der Waals surface area contributed by atoms with Gasteiger partial charge in [-0.15, -0.1) is 0 Å². The van der Waals surface area contributed by atoms with Crippen molar-refractivity contribution in [3.63, 3.8) is 0 Å². The van der Waals surface area contributed by atoms with Crippen LogP contribution in [0.2, 0.25) is 0 Å². The van der Waals surface area contributed by atoms with Gasteiger partial charge >= 0.3 is 11.9 Å². The first kappa shape index (κ1) is 11.9. The zero-order valence-corrected chi connectivity index (χ0v) is 8.88. The summed E-state index contributed by atoms with van der Waals surface area (Å²) in [5, 5.41) is 8.59. The van der Waals surface area contributed by atoms with Gasteiger partial charge in [-0.25, -0.2) is 14.8 Å². The average molecular weight is 225 g/mol. The number of hydrogen-bond acceptors (Lipinski definition) is 6. The van der Waals surface area contributed by atoms with Crippen LogP contribution in [0.25, 0.3) is 0 Å². The molecule has 0 spiro atoms. The highest BCUT2D eigenvalue weighted by molar-refractivity contribution is 5.85. The molecule has 0 aliphatic heterocycles. The van der Waals surface area contributed by atoms with Crippen molar-refractivity contribution in [3.05, 3.63) is 18.1 Å². The monoisotopic (exact) mass is 225 g/mol. The summed E-state index contributed by atoms with van der Waals surface area (Å²) in [6.45, 7) is -0.211. The van der Waals surface area contributed by atoms with E-state index in [1.807, 2.05) is 0 Å². The molecule has 0 aliphatic carbocycles. The Morgan fingerprint density at radius 3 is 2.81 bits per heavy atom. The zero-order valence-electron chi connectivity index (χ0n) is 8.88. The standard InChI is InChI=1S/C9H11N3O4/c1-12(5-7(13)14)6-3-4-10-8(11-6)9(15)16-2/h3-4H,5H2,1-2H3,(H,13,14). The highest BCUT2D eigenvalue weighted by Crippen LogP contribution is 2.07. The van der Waals surface area contributed by atoms with Crippen LogP contribution in [-0.4, -0.2) is 47.7 Å². The van der Waals surface area contributed by atoms with Gasteiger partial charge < -0.3 is 14.7 Å². The Kier molecular flexibility index (Phi) is 3.76. The third kappa shape index (κ3) is 2.91. The van der Waals surface area contributed by atoms with E-state index in [0.717, 1.165) is 0 Å². The third-order valence-corrected chi connectivity index (χ3v) is 1.77. The van der Waals surface area contributed by atoms with E-state index in [0.29, 0.717) is 5.82 Å². The zero-order chi connectivity index (χ0) is 12.1. The molecule has 0 radical (unpaired) electrons. The lowest BCUT2D eigenvalue weighted by Crippen LogP contribution is -2.26. The summed E-state index contributed by atoms with van der Waals surface area (Å²) < 4.78 is 4.45. The Balaban J connectivity index is 2.89. The van der Waals surface area contributed by atoms with E-state index in [-0.39, 0.29) is 12.4 Å². The summed E-state index contributed by atoms with van der Waals surface area (Å²) in [7, 11) is 2.77. The molecule has 0 bridgehead atoms. The van der Waals surface area contributed by atoms with Crippen LogP contribution < -0.4 is 4.90 Å². The fourth-order valence-corrected chi connectivity index (χ4v) is 1.04. The second kappa shape index (κ2) is 5.06. The molecular weight excluding hydrogens is 214 g/mol. The van der Waals surface area contributed by atoms with Gasteiger partial charge in [-0.2, -0.15) is 0 Å². The van der Waals surface area contributed by atoms with E-state index >= 15 is 0 Å². The number of aliphatic carboxylic acids is 1. The van der Waals surface area contributed by atoms with E-state index in [4.69, 9.17) is 5.11 Å². The van der Waals surface area contributed by atoms with Gasteiger partial charge in [-0.3, -0.25) is 4.79 Å². The number of anilines is 1. The lowest BCUT2D eigenvalue weighted by molar-refractivity contribution is -0.135. The molecule has 1 heterocycles. The van der Waals surface area contributed by atoms with Crippen LogP contribution in [0.5, 0.6) is 0 Å². The van der Waals surface area contributed by atoms with E-state index in [9.17, 15) is 9.59 Å². The van der Waals surface area contributed by atoms with Crippen molar-refractivity contribution in [3.8, 4) is 0 Å².